The van der Waals surface area contributed by atoms with Gasteiger partial charge < -0.3 is 9.64 Å². The van der Waals surface area contributed by atoms with Crippen LogP contribution in [0.5, 0.6) is 0 Å². The van der Waals surface area contributed by atoms with Crippen LogP contribution in [-0.2, 0) is 11.3 Å². The molecule has 168 valence electrons. The Balaban J connectivity index is 1.61. The summed E-state index contributed by atoms with van der Waals surface area (Å²) in [4.78, 5) is 34.7. The number of carbonyl (C=O) groups excluding carboxylic acids is 1. The SMILES string of the molecule is Cc1ccccc1-n1c(CN2CCN(C(=O)OC(C)(C)C)CC2)nc2ccccc2c1=O. The normalized spacial score (nSPS) is 15.2. The van der Waals surface area contributed by atoms with Crippen LogP contribution >= 0.6 is 0 Å². The third kappa shape index (κ3) is 4.67. The van der Waals surface area contributed by atoms with Crippen LogP contribution < -0.4 is 5.56 Å². The van der Waals surface area contributed by atoms with E-state index < -0.39 is 5.60 Å². The van der Waals surface area contributed by atoms with Gasteiger partial charge in [-0.25, -0.2) is 9.78 Å². The summed E-state index contributed by atoms with van der Waals surface area (Å²) in [5.41, 5.74) is 1.99. The number of fused-ring (bicyclic) bond motifs is 1. The number of amides is 1. The van der Waals surface area contributed by atoms with Crippen molar-refractivity contribution in [3.8, 4) is 5.69 Å². The smallest absolute Gasteiger partial charge is 0.410 e. The van der Waals surface area contributed by atoms with Crippen molar-refractivity contribution in [3.05, 3.63) is 70.3 Å². The van der Waals surface area contributed by atoms with Crippen LogP contribution in [0.25, 0.3) is 16.6 Å². The average Bonchev–Trinajstić information content (AvgIpc) is 2.74. The van der Waals surface area contributed by atoms with Gasteiger partial charge in [0.05, 0.1) is 23.1 Å². The summed E-state index contributed by atoms with van der Waals surface area (Å²) in [5, 5.41) is 0.606. The molecule has 1 aliphatic heterocycles. The highest BCUT2D eigenvalue weighted by atomic mass is 16.6. The van der Waals surface area contributed by atoms with E-state index in [-0.39, 0.29) is 11.7 Å². The molecule has 0 bridgehead atoms. The summed E-state index contributed by atoms with van der Waals surface area (Å²) in [7, 11) is 0. The number of hydrogen-bond donors (Lipinski definition) is 0. The van der Waals surface area contributed by atoms with Crippen molar-refractivity contribution in [2.24, 2.45) is 0 Å². The zero-order valence-electron chi connectivity index (χ0n) is 19.2. The maximum atomic E-state index is 13.5. The Bertz CT molecular complexity index is 1190. The van der Waals surface area contributed by atoms with Gasteiger partial charge in [0.2, 0.25) is 0 Å². The number of benzene rings is 2. The van der Waals surface area contributed by atoms with Gasteiger partial charge in [-0.3, -0.25) is 14.3 Å². The maximum absolute atomic E-state index is 13.5. The first kappa shape index (κ1) is 22.0. The van der Waals surface area contributed by atoms with Crippen molar-refractivity contribution in [2.75, 3.05) is 26.2 Å². The molecule has 0 N–H and O–H groups in total. The molecule has 0 saturated carbocycles. The zero-order chi connectivity index (χ0) is 22.9. The molecular formula is C25H30N4O3. The predicted molar refractivity (Wildman–Crippen MR) is 125 cm³/mol. The molecule has 1 aliphatic rings. The van der Waals surface area contributed by atoms with Gasteiger partial charge in [-0.2, -0.15) is 0 Å². The molecule has 32 heavy (non-hydrogen) atoms. The van der Waals surface area contributed by atoms with Gasteiger partial charge >= 0.3 is 6.09 Å². The van der Waals surface area contributed by atoms with E-state index in [2.05, 4.69) is 4.90 Å². The lowest BCUT2D eigenvalue weighted by atomic mass is 10.1. The summed E-state index contributed by atoms with van der Waals surface area (Å²) in [5.74, 6) is 0.703. The molecule has 3 aromatic rings. The van der Waals surface area contributed by atoms with Gasteiger partial charge in [-0.15, -0.1) is 0 Å². The summed E-state index contributed by atoms with van der Waals surface area (Å²) < 4.78 is 7.23. The van der Waals surface area contributed by atoms with E-state index in [1.807, 2.05) is 76.2 Å². The molecular weight excluding hydrogens is 404 g/mol. The monoisotopic (exact) mass is 434 g/mol. The Hall–Kier alpha value is -3.19. The van der Waals surface area contributed by atoms with Gasteiger partial charge in [0.15, 0.2) is 0 Å². The molecule has 2 heterocycles. The highest BCUT2D eigenvalue weighted by Crippen LogP contribution is 2.18. The van der Waals surface area contributed by atoms with E-state index >= 15 is 0 Å². The highest BCUT2D eigenvalue weighted by Gasteiger charge is 2.27. The lowest BCUT2D eigenvalue weighted by Crippen LogP contribution is -2.50. The quantitative estimate of drug-likeness (QED) is 0.628. The van der Waals surface area contributed by atoms with E-state index in [0.717, 1.165) is 11.3 Å². The topological polar surface area (TPSA) is 67.7 Å². The molecule has 0 aliphatic carbocycles. The number of rotatable bonds is 3. The number of para-hydroxylation sites is 2. The molecule has 4 rings (SSSR count). The van der Waals surface area contributed by atoms with E-state index in [9.17, 15) is 9.59 Å². The van der Waals surface area contributed by atoms with Crippen LogP contribution in [-0.4, -0.2) is 57.2 Å². The molecule has 0 radical (unpaired) electrons. The number of hydrogen-bond acceptors (Lipinski definition) is 5. The third-order valence-corrected chi connectivity index (χ3v) is 5.59. The molecule has 0 atom stereocenters. The van der Waals surface area contributed by atoms with E-state index in [4.69, 9.17) is 9.72 Å². The van der Waals surface area contributed by atoms with Gasteiger partial charge in [0.1, 0.15) is 11.4 Å². The molecule has 1 saturated heterocycles. The Morgan fingerprint density at radius 3 is 2.34 bits per heavy atom. The Morgan fingerprint density at radius 2 is 1.66 bits per heavy atom. The average molecular weight is 435 g/mol. The maximum Gasteiger partial charge on any atom is 0.410 e. The third-order valence-electron chi connectivity index (χ3n) is 5.59. The van der Waals surface area contributed by atoms with E-state index in [1.165, 1.54) is 0 Å². The number of carbonyl (C=O) groups is 1. The Labute approximate surface area is 188 Å². The van der Waals surface area contributed by atoms with Crippen molar-refractivity contribution in [2.45, 2.75) is 39.8 Å². The first-order valence-corrected chi connectivity index (χ1v) is 11.0. The second-order valence-electron chi connectivity index (χ2n) is 9.22. The van der Waals surface area contributed by atoms with Gasteiger partial charge in [-0.1, -0.05) is 30.3 Å². The second kappa shape index (κ2) is 8.74. The van der Waals surface area contributed by atoms with Crippen molar-refractivity contribution in [3.63, 3.8) is 0 Å². The Morgan fingerprint density at radius 1 is 1.00 bits per heavy atom. The predicted octanol–water partition coefficient (Wildman–Crippen LogP) is 3.75. The largest absolute Gasteiger partial charge is 0.444 e. The molecule has 1 amide bonds. The van der Waals surface area contributed by atoms with Crippen LogP contribution in [0.4, 0.5) is 4.79 Å². The van der Waals surface area contributed by atoms with Gasteiger partial charge in [0.25, 0.3) is 5.56 Å². The lowest BCUT2D eigenvalue weighted by molar-refractivity contribution is 0.0136. The Kier molecular flexibility index (Phi) is 6.02. The van der Waals surface area contributed by atoms with Crippen LogP contribution in [0.1, 0.15) is 32.2 Å². The van der Waals surface area contributed by atoms with Crippen LogP contribution in [0.15, 0.2) is 53.3 Å². The first-order valence-electron chi connectivity index (χ1n) is 11.0. The van der Waals surface area contributed by atoms with E-state index in [1.54, 1.807) is 9.47 Å². The first-order chi connectivity index (χ1) is 15.2. The summed E-state index contributed by atoms with van der Waals surface area (Å²) >= 11 is 0. The number of nitrogens with zero attached hydrogens (tertiary/aromatic N) is 4. The number of ether oxygens (including phenoxy) is 1. The van der Waals surface area contributed by atoms with Crippen LogP contribution in [0, 0.1) is 6.92 Å². The summed E-state index contributed by atoms with van der Waals surface area (Å²) in [6.07, 6.45) is -0.280. The molecule has 1 aromatic heterocycles. The van der Waals surface area contributed by atoms with Crippen molar-refractivity contribution in [1.29, 1.82) is 0 Å². The van der Waals surface area contributed by atoms with Crippen molar-refractivity contribution in [1.82, 2.24) is 19.4 Å². The number of piperazine rings is 1. The number of aromatic nitrogens is 2. The van der Waals surface area contributed by atoms with Crippen LogP contribution in [0.3, 0.4) is 0 Å². The second-order valence-corrected chi connectivity index (χ2v) is 9.22. The molecule has 7 nitrogen and oxygen atoms in total. The fourth-order valence-electron chi connectivity index (χ4n) is 3.96. The fourth-order valence-corrected chi connectivity index (χ4v) is 3.96. The summed E-state index contributed by atoms with van der Waals surface area (Å²) in [6.45, 7) is 10.7. The minimum absolute atomic E-state index is 0.0627. The van der Waals surface area contributed by atoms with Gasteiger partial charge in [-0.05, 0) is 51.5 Å². The van der Waals surface area contributed by atoms with Gasteiger partial charge in [0, 0.05) is 26.2 Å². The van der Waals surface area contributed by atoms with Crippen LogP contribution in [0.2, 0.25) is 0 Å². The van der Waals surface area contributed by atoms with E-state index in [0.29, 0.717) is 49.5 Å². The summed E-state index contributed by atoms with van der Waals surface area (Å²) in [6, 6.07) is 15.3. The lowest BCUT2D eigenvalue weighted by Gasteiger charge is -2.35. The minimum atomic E-state index is -0.507. The van der Waals surface area contributed by atoms with Crippen molar-refractivity contribution >= 4 is 17.0 Å². The standard InChI is InChI=1S/C25H30N4O3/c1-18-9-5-8-12-21(18)29-22(26-20-11-7-6-10-19(20)23(29)30)17-27-13-15-28(16-14-27)24(31)32-25(2,3)4/h5-12H,13-17H2,1-4H3. The fraction of sp³-hybridized carbons (Fsp3) is 0.400. The zero-order valence-corrected chi connectivity index (χ0v) is 19.2. The molecule has 1 fully saturated rings. The minimum Gasteiger partial charge on any atom is -0.444 e. The number of aryl methyl sites for hydroxylation is 1. The molecule has 0 unspecified atom stereocenters. The van der Waals surface area contributed by atoms with Crippen molar-refractivity contribution < 1.29 is 9.53 Å². The molecule has 0 spiro atoms. The molecule has 2 aromatic carbocycles. The molecule has 7 heteroatoms. The highest BCUT2D eigenvalue weighted by molar-refractivity contribution is 5.78.